The first-order chi connectivity index (χ1) is 13.8. The summed E-state index contributed by atoms with van der Waals surface area (Å²) in [4.78, 5) is 7.14. The zero-order valence-electron chi connectivity index (χ0n) is 18.0. The molecule has 2 atom stereocenters. The van der Waals surface area contributed by atoms with Crippen LogP contribution in [0.1, 0.15) is 40.2 Å². The second-order valence-electron chi connectivity index (χ2n) is 7.56. The average molecular weight is 413 g/mol. The summed E-state index contributed by atoms with van der Waals surface area (Å²) in [6.07, 6.45) is 0. The Morgan fingerprint density at radius 1 is 1.24 bits per heavy atom. The molecule has 1 aliphatic heterocycles. The lowest BCUT2D eigenvalue weighted by Crippen LogP contribution is -2.46. The monoisotopic (exact) mass is 412 g/mol. The van der Waals surface area contributed by atoms with E-state index in [0.29, 0.717) is 36.9 Å². The van der Waals surface area contributed by atoms with Crippen LogP contribution in [0.3, 0.4) is 0 Å². The highest BCUT2D eigenvalue weighted by Gasteiger charge is 2.31. The molecule has 1 heterocycles. The summed E-state index contributed by atoms with van der Waals surface area (Å²) in [5.74, 6) is 1.61. The van der Waals surface area contributed by atoms with E-state index in [1.54, 1.807) is 19.1 Å². The van der Waals surface area contributed by atoms with Crippen molar-refractivity contribution < 1.29 is 18.3 Å². The molecule has 0 spiro atoms. The molecule has 2 unspecified atom stereocenters. The highest BCUT2D eigenvalue weighted by molar-refractivity contribution is 5.80. The van der Waals surface area contributed by atoms with E-state index in [-0.39, 0.29) is 5.75 Å². The summed E-state index contributed by atoms with van der Waals surface area (Å²) in [5, 5.41) is 6.83. The van der Waals surface area contributed by atoms with Crippen LogP contribution in [-0.4, -0.2) is 55.8 Å². The fraction of sp³-hybridized carbons (Fsp3) is 0.667. The minimum absolute atomic E-state index is 0.0353. The van der Waals surface area contributed by atoms with Gasteiger partial charge in [0, 0.05) is 31.7 Å². The largest absolute Gasteiger partial charge is 0.490 e. The van der Waals surface area contributed by atoms with Crippen molar-refractivity contribution in [1.29, 1.82) is 0 Å². The minimum atomic E-state index is -2.89. The molecule has 6 nitrogen and oxygen atoms in total. The molecule has 1 aromatic carbocycles. The molecular weight excluding hydrogens is 378 g/mol. The van der Waals surface area contributed by atoms with Crippen LogP contribution in [0.5, 0.6) is 11.5 Å². The fourth-order valence-corrected chi connectivity index (χ4v) is 3.39. The number of ether oxygens (including phenoxy) is 2. The van der Waals surface area contributed by atoms with E-state index < -0.39 is 6.61 Å². The van der Waals surface area contributed by atoms with Gasteiger partial charge in [-0.2, -0.15) is 8.78 Å². The lowest BCUT2D eigenvalue weighted by Gasteiger charge is -2.22. The predicted octanol–water partition coefficient (Wildman–Crippen LogP) is 3.47. The smallest absolute Gasteiger partial charge is 0.387 e. The van der Waals surface area contributed by atoms with Gasteiger partial charge in [0.05, 0.1) is 13.2 Å². The van der Waals surface area contributed by atoms with Gasteiger partial charge in [-0.25, -0.2) is 4.99 Å². The molecule has 8 heteroatoms. The number of likely N-dealkylation sites (tertiary alicyclic amines) is 1. The Kier molecular flexibility index (Phi) is 8.95. The third-order valence-electron chi connectivity index (χ3n) is 4.98. The third-order valence-corrected chi connectivity index (χ3v) is 4.98. The van der Waals surface area contributed by atoms with Gasteiger partial charge in [0.1, 0.15) is 0 Å². The first kappa shape index (κ1) is 23.2. The maximum atomic E-state index is 12.6. The van der Waals surface area contributed by atoms with Gasteiger partial charge in [0.15, 0.2) is 17.5 Å². The normalized spacial score (nSPS) is 20.4. The Hall–Kier alpha value is -2.09. The van der Waals surface area contributed by atoms with E-state index >= 15 is 0 Å². The number of rotatable bonds is 9. The van der Waals surface area contributed by atoms with Crippen LogP contribution in [-0.2, 0) is 6.54 Å². The standard InChI is InChI=1S/C21H34F2N4O2/c1-6-24-21(26-17-13-27(14(3)4)12-15(17)5)25-11-16-8-9-18(29-20(22)23)19(10-16)28-7-2/h8-10,14-15,17,20H,6-7,11-13H2,1-5H3,(H2,24,25,26). The highest BCUT2D eigenvalue weighted by Crippen LogP contribution is 2.30. The van der Waals surface area contributed by atoms with Crippen LogP contribution in [0.2, 0.25) is 0 Å². The summed E-state index contributed by atoms with van der Waals surface area (Å²) in [7, 11) is 0. The van der Waals surface area contributed by atoms with Crippen molar-refractivity contribution in [3.63, 3.8) is 0 Å². The van der Waals surface area contributed by atoms with Gasteiger partial charge in [0.25, 0.3) is 0 Å². The maximum Gasteiger partial charge on any atom is 0.387 e. The lowest BCUT2D eigenvalue weighted by atomic mass is 10.1. The van der Waals surface area contributed by atoms with Crippen LogP contribution in [0.25, 0.3) is 0 Å². The number of nitrogens with one attached hydrogen (secondary N) is 2. The van der Waals surface area contributed by atoms with Gasteiger partial charge in [-0.1, -0.05) is 13.0 Å². The van der Waals surface area contributed by atoms with Gasteiger partial charge in [0.2, 0.25) is 0 Å². The molecule has 29 heavy (non-hydrogen) atoms. The van der Waals surface area contributed by atoms with Crippen LogP contribution in [0.15, 0.2) is 23.2 Å². The molecule has 0 bridgehead atoms. The van der Waals surface area contributed by atoms with Crippen molar-refractivity contribution in [2.75, 3.05) is 26.2 Å². The third kappa shape index (κ3) is 7.03. The van der Waals surface area contributed by atoms with Gasteiger partial charge in [-0.05, 0) is 51.3 Å². The molecule has 1 fully saturated rings. The molecule has 0 aliphatic carbocycles. The van der Waals surface area contributed by atoms with Crippen LogP contribution in [0.4, 0.5) is 8.78 Å². The van der Waals surface area contributed by atoms with Gasteiger partial charge in [-0.3, -0.25) is 4.90 Å². The summed E-state index contributed by atoms with van der Waals surface area (Å²) < 4.78 is 35.1. The number of nitrogens with zero attached hydrogens (tertiary/aromatic N) is 2. The predicted molar refractivity (Wildman–Crippen MR) is 112 cm³/mol. The summed E-state index contributed by atoms with van der Waals surface area (Å²) in [5.41, 5.74) is 0.857. The van der Waals surface area contributed by atoms with E-state index in [0.717, 1.165) is 31.2 Å². The Labute approximate surface area is 172 Å². The van der Waals surface area contributed by atoms with E-state index in [1.165, 1.54) is 6.07 Å². The summed E-state index contributed by atoms with van der Waals surface area (Å²) in [6, 6.07) is 5.78. The zero-order valence-corrected chi connectivity index (χ0v) is 18.0. The van der Waals surface area contributed by atoms with E-state index in [1.807, 2.05) is 6.92 Å². The summed E-state index contributed by atoms with van der Waals surface area (Å²) >= 11 is 0. The van der Waals surface area contributed by atoms with Crippen molar-refractivity contribution in [2.24, 2.45) is 10.9 Å². The first-order valence-electron chi connectivity index (χ1n) is 10.3. The molecule has 0 aromatic heterocycles. The molecule has 0 radical (unpaired) electrons. The molecule has 2 N–H and O–H groups in total. The molecule has 1 aromatic rings. The van der Waals surface area contributed by atoms with Crippen LogP contribution >= 0.6 is 0 Å². The topological polar surface area (TPSA) is 58.1 Å². The van der Waals surface area contributed by atoms with Gasteiger partial charge >= 0.3 is 6.61 Å². The second-order valence-corrected chi connectivity index (χ2v) is 7.56. The van der Waals surface area contributed by atoms with Crippen molar-refractivity contribution in [1.82, 2.24) is 15.5 Å². The molecular formula is C21H34F2N4O2. The number of guanidine groups is 1. The number of alkyl halides is 2. The molecule has 1 aliphatic rings. The van der Waals surface area contributed by atoms with Crippen molar-refractivity contribution >= 4 is 5.96 Å². The van der Waals surface area contributed by atoms with Gasteiger partial charge in [-0.15, -0.1) is 0 Å². The average Bonchev–Trinajstić information content (AvgIpc) is 3.02. The van der Waals surface area contributed by atoms with Gasteiger partial charge < -0.3 is 20.1 Å². The second kappa shape index (κ2) is 11.2. The molecule has 2 rings (SSSR count). The molecule has 0 amide bonds. The zero-order chi connectivity index (χ0) is 21.4. The first-order valence-corrected chi connectivity index (χ1v) is 10.3. The number of halogens is 2. The Morgan fingerprint density at radius 3 is 2.59 bits per heavy atom. The van der Waals surface area contributed by atoms with E-state index in [4.69, 9.17) is 4.74 Å². The van der Waals surface area contributed by atoms with Crippen LogP contribution < -0.4 is 20.1 Å². The Bertz CT molecular complexity index is 670. The number of hydrogen-bond acceptors (Lipinski definition) is 4. The number of benzene rings is 1. The minimum Gasteiger partial charge on any atom is -0.490 e. The van der Waals surface area contributed by atoms with Crippen LogP contribution in [0, 0.1) is 5.92 Å². The SMILES string of the molecule is CCNC(=NCc1ccc(OC(F)F)c(OCC)c1)NC1CN(C(C)C)CC1C. The highest BCUT2D eigenvalue weighted by atomic mass is 19.3. The fourth-order valence-electron chi connectivity index (χ4n) is 3.39. The molecule has 1 saturated heterocycles. The molecule has 164 valence electrons. The quantitative estimate of drug-likeness (QED) is 0.481. The van der Waals surface area contributed by atoms with E-state index in [2.05, 4.69) is 46.0 Å². The van der Waals surface area contributed by atoms with Crippen molar-refractivity contribution in [2.45, 2.75) is 59.9 Å². The van der Waals surface area contributed by atoms with Crippen molar-refractivity contribution in [3.8, 4) is 11.5 Å². The van der Waals surface area contributed by atoms with E-state index in [9.17, 15) is 8.78 Å². The summed E-state index contributed by atoms with van der Waals surface area (Å²) in [6.45, 7) is 11.2. The lowest BCUT2D eigenvalue weighted by molar-refractivity contribution is -0.0514. The maximum absolute atomic E-state index is 12.6. The molecule has 0 saturated carbocycles. The number of aliphatic imine (C=N–C) groups is 1. The Morgan fingerprint density at radius 2 is 2.00 bits per heavy atom. The van der Waals surface area contributed by atoms with Crippen molar-refractivity contribution in [3.05, 3.63) is 23.8 Å². The number of hydrogen-bond donors (Lipinski definition) is 2. The Balaban J connectivity index is 2.08.